The molecular formula is C15H16F2N2. The summed E-state index contributed by atoms with van der Waals surface area (Å²) in [4.78, 5) is 1.87. The largest absolute Gasteiger partial charge is 0.399 e. The minimum atomic E-state index is -0.577. The molecule has 0 aromatic heterocycles. The molecule has 2 rings (SSSR count). The maximum atomic E-state index is 13.9. The lowest BCUT2D eigenvalue weighted by molar-refractivity contribution is 0.333. The second kappa shape index (κ2) is 5.36. The van der Waals surface area contributed by atoms with Crippen molar-refractivity contribution in [2.24, 2.45) is 0 Å². The van der Waals surface area contributed by atoms with Crippen LogP contribution < -0.4 is 5.73 Å². The molecule has 0 aliphatic carbocycles. The molecule has 2 aromatic carbocycles. The summed E-state index contributed by atoms with van der Waals surface area (Å²) in [5.74, 6) is -1.13. The Bertz CT molecular complexity index is 582. The molecule has 0 bridgehead atoms. The molecule has 0 saturated heterocycles. The van der Waals surface area contributed by atoms with Gasteiger partial charge in [0.15, 0.2) is 0 Å². The average molecular weight is 262 g/mol. The molecule has 0 aliphatic rings. The SMILES string of the molecule is CN(C)C(c1cccc(N)c1)c1ccc(F)cc1F. The lowest BCUT2D eigenvalue weighted by Crippen LogP contribution is -2.22. The molecule has 0 spiro atoms. The van der Waals surface area contributed by atoms with E-state index in [4.69, 9.17) is 5.73 Å². The van der Waals surface area contributed by atoms with Crippen molar-refractivity contribution in [1.29, 1.82) is 0 Å². The Morgan fingerprint density at radius 1 is 1.05 bits per heavy atom. The number of anilines is 1. The van der Waals surface area contributed by atoms with Gasteiger partial charge >= 0.3 is 0 Å². The Kier molecular flexibility index (Phi) is 3.81. The van der Waals surface area contributed by atoms with Gasteiger partial charge in [0, 0.05) is 17.3 Å². The van der Waals surface area contributed by atoms with Crippen molar-refractivity contribution in [3.8, 4) is 0 Å². The summed E-state index contributed by atoms with van der Waals surface area (Å²) in [7, 11) is 3.69. The van der Waals surface area contributed by atoms with Crippen LogP contribution in [-0.2, 0) is 0 Å². The Morgan fingerprint density at radius 3 is 2.37 bits per heavy atom. The van der Waals surface area contributed by atoms with Gasteiger partial charge in [0.1, 0.15) is 11.6 Å². The van der Waals surface area contributed by atoms with Crippen LogP contribution in [0.25, 0.3) is 0 Å². The molecule has 0 radical (unpaired) electrons. The third-order valence-electron chi connectivity index (χ3n) is 3.00. The molecule has 2 aromatic rings. The summed E-state index contributed by atoms with van der Waals surface area (Å²) in [6.45, 7) is 0. The highest BCUT2D eigenvalue weighted by Crippen LogP contribution is 2.29. The Labute approximate surface area is 111 Å². The van der Waals surface area contributed by atoms with Crippen LogP contribution in [0.1, 0.15) is 17.2 Å². The Balaban J connectivity index is 2.52. The third kappa shape index (κ3) is 2.90. The van der Waals surface area contributed by atoms with Gasteiger partial charge in [0.2, 0.25) is 0 Å². The van der Waals surface area contributed by atoms with Crippen molar-refractivity contribution < 1.29 is 8.78 Å². The molecule has 0 fully saturated rings. The minimum Gasteiger partial charge on any atom is -0.399 e. The average Bonchev–Trinajstić information content (AvgIpc) is 2.32. The Hall–Kier alpha value is -1.94. The second-order valence-electron chi connectivity index (χ2n) is 4.70. The zero-order chi connectivity index (χ0) is 14.0. The lowest BCUT2D eigenvalue weighted by Gasteiger charge is -2.26. The van der Waals surface area contributed by atoms with E-state index in [2.05, 4.69) is 0 Å². The van der Waals surface area contributed by atoms with Gasteiger partial charge in [-0.2, -0.15) is 0 Å². The highest BCUT2D eigenvalue weighted by Gasteiger charge is 2.20. The van der Waals surface area contributed by atoms with E-state index < -0.39 is 11.6 Å². The highest BCUT2D eigenvalue weighted by atomic mass is 19.1. The maximum absolute atomic E-state index is 13.9. The van der Waals surface area contributed by atoms with Crippen molar-refractivity contribution in [3.05, 3.63) is 65.2 Å². The summed E-state index contributed by atoms with van der Waals surface area (Å²) in [6, 6.07) is 10.6. The highest BCUT2D eigenvalue weighted by molar-refractivity contribution is 5.44. The molecule has 0 saturated carbocycles. The van der Waals surface area contributed by atoms with Gasteiger partial charge in [0.05, 0.1) is 6.04 Å². The quantitative estimate of drug-likeness (QED) is 0.861. The van der Waals surface area contributed by atoms with Gasteiger partial charge in [-0.05, 0) is 37.9 Å². The van der Waals surface area contributed by atoms with Gasteiger partial charge in [-0.25, -0.2) is 8.78 Å². The van der Waals surface area contributed by atoms with Crippen molar-refractivity contribution in [1.82, 2.24) is 4.90 Å². The fraction of sp³-hybridized carbons (Fsp3) is 0.200. The number of hydrogen-bond donors (Lipinski definition) is 1. The van der Waals surface area contributed by atoms with Crippen LogP contribution in [0, 0.1) is 11.6 Å². The number of nitrogen functional groups attached to an aromatic ring is 1. The number of benzene rings is 2. The number of nitrogens with zero attached hydrogens (tertiary/aromatic N) is 1. The number of halogens is 2. The van der Waals surface area contributed by atoms with Gasteiger partial charge in [0.25, 0.3) is 0 Å². The van der Waals surface area contributed by atoms with E-state index in [9.17, 15) is 8.78 Å². The number of nitrogens with two attached hydrogens (primary N) is 1. The van der Waals surface area contributed by atoms with E-state index in [0.717, 1.165) is 11.6 Å². The van der Waals surface area contributed by atoms with E-state index in [1.165, 1.54) is 12.1 Å². The van der Waals surface area contributed by atoms with Crippen LogP contribution >= 0.6 is 0 Å². The molecular weight excluding hydrogens is 246 g/mol. The molecule has 1 unspecified atom stereocenters. The molecule has 100 valence electrons. The topological polar surface area (TPSA) is 29.3 Å². The van der Waals surface area contributed by atoms with Crippen molar-refractivity contribution in [2.45, 2.75) is 6.04 Å². The lowest BCUT2D eigenvalue weighted by atomic mass is 9.97. The van der Waals surface area contributed by atoms with E-state index in [1.54, 1.807) is 12.1 Å². The first-order valence-electron chi connectivity index (χ1n) is 5.96. The van der Waals surface area contributed by atoms with Crippen LogP contribution in [0.15, 0.2) is 42.5 Å². The van der Waals surface area contributed by atoms with Gasteiger partial charge < -0.3 is 5.73 Å². The first-order chi connectivity index (χ1) is 8.99. The van der Waals surface area contributed by atoms with E-state index in [0.29, 0.717) is 11.3 Å². The second-order valence-corrected chi connectivity index (χ2v) is 4.70. The third-order valence-corrected chi connectivity index (χ3v) is 3.00. The summed E-state index contributed by atoms with van der Waals surface area (Å²) in [5, 5.41) is 0. The molecule has 2 nitrogen and oxygen atoms in total. The Morgan fingerprint density at radius 2 is 1.79 bits per heavy atom. The van der Waals surface area contributed by atoms with Gasteiger partial charge in [-0.1, -0.05) is 18.2 Å². The van der Waals surface area contributed by atoms with Gasteiger partial charge in [-0.15, -0.1) is 0 Å². The fourth-order valence-electron chi connectivity index (χ4n) is 2.21. The van der Waals surface area contributed by atoms with E-state index >= 15 is 0 Å². The molecule has 0 amide bonds. The maximum Gasteiger partial charge on any atom is 0.131 e. The predicted molar refractivity (Wildman–Crippen MR) is 72.7 cm³/mol. The predicted octanol–water partition coefficient (Wildman–Crippen LogP) is 3.20. The summed E-state index contributed by atoms with van der Waals surface area (Å²) in [5.41, 5.74) is 7.68. The fourth-order valence-corrected chi connectivity index (χ4v) is 2.21. The van der Waals surface area contributed by atoms with Crippen molar-refractivity contribution in [3.63, 3.8) is 0 Å². The van der Waals surface area contributed by atoms with E-state index in [-0.39, 0.29) is 6.04 Å². The summed E-state index contributed by atoms with van der Waals surface area (Å²) < 4.78 is 27.0. The van der Waals surface area contributed by atoms with Crippen molar-refractivity contribution in [2.75, 3.05) is 19.8 Å². The first kappa shape index (κ1) is 13.5. The standard InChI is InChI=1S/C15H16F2N2/c1-19(2)15(10-4-3-5-12(18)8-10)13-7-6-11(16)9-14(13)17/h3-9,15H,18H2,1-2H3. The van der Waals surface area contributed by atoms with Crippen LogP contribution in [0.4, 0.5) is 14.5 Å². The van der Waals surface area contributed by atoms with Crippen LogP contribution in [0.2, 0.25) is 0 Å². The van der Waals surface area contributed by atoms with Gasteiger partial charge in [-0.3, -0.25) is 4.90 Å². The summed E-state index contributed by atoms with van der Waals surface area (Å²) in [6.07, 6.45) is 0. The zero-order valence-electron chi connectivity index (χ0n) is 10.9. The van der Waals surface area contributed by atoms with Crippen LogP contribution in [-0.4, -0.2) is 19.0 Å². The number of rotatable bonds is 3. The molecule has 2 N–H and O–H groups in total. The monoisotopic (exact) mass is 262 g/mol. The first-order valence-corrected chi connectivity index (χ1v) is 5.96. The zero-order valence-corrected chi connectivity index (χ0v) is 10.9. The summed E-state index contributed by atoms with van der Waals surface area (Å²) >= 11 is 0. The molecule has 0 heterocycles. The minimum absolute atomic E-state index is 0.302. The normalized spacial score (nSPS) is 12.7. The molecule has 0 aliphatic heterocycles. The smallest absolute Gasteiger partial charge is 0.131 e. The van der Waals surface area contributed by atoms with Crippen LogP contribution in [0.3, 0.4) is 0 Å². The van der Waals surface area contributed by atoms with Crippen molar-refractivity contribution >= 4 is 5.69 Å². The van der Waals surface area contributed by atoms with E-state index in [1.807, 2.05) is 31.1 Å². The molecule has 4 heteroatoms. The molecule has 19 heavy (non-hydrogen) atoms. The number of hydrogen-bond acceptors (Lipinski definition) is 2. The molecule has 1 atom stereocenters. The van der Waals surface area contributed by atoms with Crippen LogP contribution in [0.5, 0.6) is 0 Å².